The molecule has 9 nitrogen and oxygen atoms in total. The summed E-state index contributed by atoms with van der Waals surface area (Å²) < 4.78 is 27.8. The fraction of sp³-hybridized carbons (Fsp3) is 0.276. The van der Waals surface area contributed by atoms with Gasteiger partial charge in [0.05, 0.1) is 42.8 Å². The second-order valence-electron chi connectivity index (χ2n) is 9.58. The zero-order valence-electron chi connectivity index (χ0n) is 21.4. The fourth-order valence-corrected chi connectivity index (χ4v) is 4.51. The van der Waals surface area contributed by atoms with Crippen molar-refractivity contribution in [3.8, 4) is 11.8 Å². The van der Waals surface area contributed by atoms with E-state index < -0.39 is 23.1 Å². The van der Waals surface area contributed by atoms with E-state index in [1.807, 2.05) is 12.1 Å². The van der Waals surface area contributed by atoms with E-state index >= 15 is 0 Å². The Labute approximate surface area is 228 Å². The van der Waals surface area contributed by atoms with Crippen LogP contribution in [0.3, 0.4) is 0 Å². The van der Waals surface area contributed by atoms with Crippen LogP contribution in [-0.2, 0) is 6.54 Å². The molecule has 5 rings (SSSR count). The second kappa shape index (κ2) is 12.0. The molecule has 1 aliphatic rings. The third-order valence-corrected chi connectivity index (χ3v) is 6.64. The predicted octanol–water partition coefficient (Wildman–Crippen LogP) is 3.01. The maximum absolute atomic E-state index is 13.5. The minimum Gasteiger partial charge on any atom is -0.393 e. The third kappa shape index (κ3) is 6.47. The molecule has 0 radical (unpaired) electrons. The van der Waals surface area contributed by atoms with Crippen molar-refractivity contribution in [2.45, 2.75) is 44.4 Å². The molecule has 2 aromatic heterocycles. The van der Waals surface area contributed by atoms with Gasteiger partial charge in [0.25, 0.3) is 11.5 Å². The minimum atomic E-state index is -1.03. The first-order valence-corrected chi connectivity index (χ1v) is 12.8. The standard InChI is InChI=1S/C29H26F2N6O3/c30-23-9-3-19(12-24(23)31)16-37-17-32-14-22(29(37)40)28(39)33-11-1-2-18-4-10-25-26(13-18)36-27(15-34-25)35-20-5-7-21(38)8-6-20/h3-4,9-10,12-15,17,20-21,38H,5-8,11,16H2,(H,33,39)(H,35,36)/t20-,21-. The molecule has 1 fully saturated rings. The van der Waals surface area contributed by atoms with E-state index in [0.717, 1.165) is 54.1 Å². The summed E-state index contributed by atoms with van der Waals surface area (Å²) in [4.78, 5) is 38.4. The van der Waals surface area contributed by atoms with Crippen molar-refractivity contribution in [3.63, 3.8) is 0 Å². The zero-order valence-corrected chi connectivity index (χ0v) is 21.4. The van der Waals surface area contributed by atoms with Crippen LogP contribution in [0.4, 0.5) is 14.6 Å². The van der Waals surface area contributed by atoms with Crippen LogP contribution in [0.2, 0.25) is 0 Å². The van der Waals surface area contributed by atoms with Gasteiger partial charge in [-0.05, 0) is 61.6 Å². The van der Waals surface area contributed by atoms with Crippen molar-refractivity contribution in [1.29, 1.82) is 0 Å². The van der Waals surface area contributed by atoms with Gasteiger partial charge < -0.3 is 15.7 Å². The third-order valence-electron chi connectivity index (χ3n) is 6.64. The molecule has 4 aromatic rings. The van der Waals surface area contributed by atoms with Crippen molar-refractivity contribution in [2.24, 2.45) is 0 Å². The Kier molecular flexibility index (Phi) is 8.07. The van der Waals surface area contributed by atoms with Gasteiger partial charge in [-0.3, -0.25) is 19.1 Å². The number of nitrogens with zero attached hydrogens (tertiary/aromatic N) is 4. The maximum Gasteiger partial charge on any atom is 0.266 e. The van der Waals surface area contributed by atoms with Crippen LogP contribution >= 0.6 is 0 Å². The highest BCUT2D eigenvalue weighted by Crippen LogP contribution is 2.22. The van der Waals surface area contributed by atoms with Crippen LogP contribution < -0.4 is 16.2 Å². The monoisotopic (exact) mass is 544 g/mol. The van der Waals surface area contributed by atoms with Crippen LogP contribution in [0.1, 0.15) is 47.2 Å². The lowest BCUT2D eigenvalue weighted by atomic mass is 9.93. The number of hydrogen-bond acceptors (Lipinski definition) is 7. The summed E-state index contributed by atoms with van der Waals surface area (Å²) >= 11 is 0. The van der Waals surface area contributed by atoms with Crippen molar-refractivity contribution in [2.75, 3.05) is 11.9 Å². The van der Waals surface area contributed by atoms with E-state index in [-0.39, 0.29) is 30.8 Å². The average Bonchev–Trinajstić information content (AvgIpc) is 2.95. The molecule has 0 bridgehead atoms. The number of aliphatic hydroxyl groups is 1. The highest BCUT2D eigenvalue weighted by atomic mass is 19.2. The van der Waals surface area contributed by atoms with Crippen LogP contribution in [-0.4, -0.2) is 49.2 Å². The Morgan fingerprint density at radius 1 is 1.05 bits per heavy atom. The summed E-state index contributed by atoms with van der Waals surface area (Å²) in [5.41, 5.74) is 1.62. The Bertz CT molecular complexity index is 1670. The Morgan fingerprint density at radius 3 is 2.67 bits per heavy atom. The lowest BCUT2D eigenvalue weighted by molar-refractivity contribution is 0.0956. The molecule has 0 saturated heterocycles. The average molecular weight is 545 g/mol. The molecule has 3 N–H and O–H groups in total. The van der Waals surface area contributed by atoms with Gasteiger partial charge in [-0.2, -0.15) is 0 Å². The van der Waals surface area contributed by atoms with E-state index in [4.69, 9.17) is 0 Å². The lowest BCUT2D eigenvalue weighted by Gasteiger charge is -2.26. The first kappa shape index (κ1) is 26.9. The van der Waals surface area contributed by atoms with Crippen molar-refractivity contribution in [3.05, 3.63) is 93.8 Å². The number of fused-ring (bicyclic) bond motifs is 1. The number of rotatable bonds is 6. The number of amides is 1. The van der Waals surface area contributed by atoms with Crippen molar-refractivity contribution >= 4 is 22.8 Å². The number of aliphatic hydroxyl groups excluding tert-OH is 1. The van der Waals surface area contributed by atoms with Gasteiger partial charge in [-0.1, -0.05) is 17.9 Å². The minimum absolute atomic E-state index is 0.0187. The van der Waals surface area contributed by atoms with Gasteiger partial charge in [0.15, 0.2) is 11.6 Å². The van der Waals surface area contributed by atoms with Gasteiger partial charge in [0, 0.05) is 17.8 Å². The number of hydrogen-bond donors (Lipinski definition) is 3. The number of nitrogens with one attached hydrogen (secondary N) is 2. The summed E-state index contributed by atoms with van der Waals surface area (Å²) in [6.07, 6.45) is 7.12. The first-order chi connectivity index (χ1) is 19.4. The Morgan fingerprint density at radius 2 is 1.88 bits per heavy atom. The Hall–Kier alpha value is -4.69. The predicted molar refractivity (Wildman–Crippen MR) is 145 cm³/mol. The summed E-state index contributed by atoms with van der Waals surface area (Å²) in [5, 5.41) is 15.7. The molecule has 1 saturated carbocycles. The molecule has 0 unspecified atom stereocenters. The van der Waals surface area contributed by atoms with Gasteiger partial charge in [0.2, 0.25) is 0 Å². The van der Waals surface area contributed by atoms with Crippen LogP contribution in [0.5, 0.6) is 0 Å². The van der Waals surface area contributed by atoms with Crippen LogP contribution in [0.15, 0.2) is 59.9 Å². The summed E-state index contributed by atoms with van der Waals surface area (Å²) in [6.45, 7) is -0.0922. The summed E-state index contributed by atoms with van der Waals surface area (Å²) in [6, 6.07) is 8.99. The highest BCUT2D eigenvalue weighted by Gasteiger charge is 2.19. The molecule has 1 aliphatic carbocycles. The largest absolute Gasteiger partial charge is 0.393 e. The maximum atomic E-state index is 13.5. The number of anilines is 1. The molecule has 1 amide bonds. The number of benzene rings is 2. The molecule has 0 atom stereocenters. The number of carbonyl (C=O) groups excluding carboxylic acids is 1. The van der Waals surface area contributed by atoms with E-state index in [1.54, 1.807) is 12.3 Å². The zero-order chi connectivity index (χ0) is 28.1. The first-order valence-electron chi connectivity index (χ1n) is 12.8. The molecular weight excluding hydrogens is 518 g/mol. The summed E-state index contributed by atoms with van der Waals surface area (Å²) in [5.74, 6) is 3.83. The van der Waals surface area contributed by atoms with E-state index in [2.05, 4.69) is 37.4 Å². The van der Waals surface area contributed by atoms with Crippen molar-refractivity contribution < 1.29 is 18.7 Å². The molecule has 40 heavy (non-hydrogen) atoms. The number of carbonyl (C=O) groups is 1. The molecule has 0 spiro atoms. The SMILES string of the molecule is O=C(NCC#Cc1ccc2ncc(N[C@H]3CC[C@H](O)CC3)nc2c1)c1cncn(Cc2ccc(F)c(F)c2)c1=O. The second-order valence-corrected chi connectivity index (χ2v) is 9.58. The highest BCUT2D eigenvalue weighted by molar-refractivity contribution is 5.93. The molecule has 2 heterocycles. The van der Waals surface area contributed by atoms with E-state index in [1.165, 1.54) is 12.4 Å². The lowest BCUT2D eigenvalue weighted by Crippen LogP contribution is -2.33. The van der Waals surface area contributed by atoms with Crippen LogP contribution in [0, 0.1) is 23.5 Å². The molecule has 204 valence electrons. The molecule has 11 heteroatoms. The smallest absolute Gasteiger partial charge is 0.266 e. The van der Waals surface area contributed by atoms with E-state index in [0.29, 0.717) is 22.5 Å². The fourth-order valence-electron chi connectivity index (χ4n) is 4.51. The Balaban J connectivity index is 1.21. The van der Waals surface area contributed by atoms with E-state index in [9.17, 15) is 23.5 Å². The molecular formula is C29H26F2N6O3. The summed E-state index contributed by atoms with van der Waals surface area (Å²) in [7, 11) is 0. The quantitative estimate of drug-likeness (QED) is 0.319. The topological polar surface area (TPSA) is 122 Å². The molecule has 2 aromatic carbocycles. The van der Waals surface area contributed by atoms with Gasteiger partial charge in [0.1, 0.15) is 11.4 Å². The number of halogens is 2. The van der Waals surface area contributed by atoms with Gasteiger partial charge in [-0.25, -0.2) is 18.7 Å². The number of aromatic nitrogens is 4. The van der Waals surface area contributed by atoms with Gasteiger partial charge in [-0.15, -0.1) is 0 Å². The van der Waals surface area contributed by atoms with Crippen LogP contribution in [0.25, 0.3) is 11.0 Å². The van der Waals surface area contributed by atoms with Gasteiger partial charge >= 0.3 is 0 Å². The van der Waals surface area contributed by atoms with Crippen molar-refractivity contribution in [1.82, 2.24) is 24.8 Å². The normalized spacial score (nSPS) is 16.7. The molecule has 0 aliphatic heterocycles.